The van der Waals surface area contributed by atoms with Crippen LogP contribution in [0.2, 0.25) is 0 Å². The number of halogens is 1. The molecule has 3 heteroatoms. The van der Waals surface area contributed by atoms with Crippen molar-refractivity contribution in [2.24, 2.45) is 0 Å². The Bertz CT molecular complexity index is 288. The van der Waals surface area contributed by atoms with Gasteiger partial charge in [0.2, 0.25) is 0 Å². The molecule has 13 heavy (non-hydrogen) atoms. The highest BCUT2D eigenvalue weighted by atomic mass is 19.1. The molecule has 2 N–H and O–H groups in total. The van der Waals surface area contributed by atoms with E-state index in [0.717, 1.165) is 6.42 Å². The van der Waals surface area contributed by atoms with E-state index in [0.29, 0.717) is 5.75 Å². The quantitative estimate of drug-likeness (QED) is 0.731. The molecule has 1 aromatic rings. The van der Waals surface area contributed by atoms with E-state index < -0.39 is 5.82 Å². The highest BCUT2D eigenvalue weighted by Crippen LogP contribution is 2.24. The van der Waals surface area contributed by atoms with Crippen LogP contribution in [0, 0.1) is 5.82 Å². The summed E-state index contributed by atoms with van der Waals surface area (Å²) >= 11 is 0. The molecule has 1 aromatic carbocycles. The molecule has 0 fully saturated rings. The van der Waals surface area contributed by atoms with E-state index >= 15 is 0 Å². The standard InChI is InChI=1S/C10H14FNO/c1-3-7(2)13-9-6-4-5-8(11)10(9)12/h4-7H,3,12H2,1-2H3. The maximum Gasteiger partial charge on any atom is 0.149 e. The van der Waals surface area contributed by atoms with Gasteiger partial charge in [0, 0.05) is 0 Å². The Labute approximate surface area is 77.5 Å². The van der Waals surface area contributed by atoms with Crippen LogP contribution in [0.15, 0.2) is 18.2 Å². The van der Waals surface area contributed by atoms with Crippen molar-refractivity contribution < 1.29 is 9.13 Å². The summed E-state index contributed by atoms with van der Waals surface area (Å²) in [5.41, 5.74) is 5.57. The summed E-state index contributed by atoms with van der Waals surface area (Å²) in [5, 5.41) is 0. The maximum atomic E-state index is 12.9. The van der Waals surface area contributed by atoms with Crippen LogP contribution in [0.4, 0.5) is 10.1 Å². The van der Waals surface area contributed by atoms with Crippen molar-refractivity contribution in [2.75, 3.05) is 5.73 Å². The van der Waals surface area contributed by atoms with Crippen LogP contribution in [-0.2, 0) is 0 Å². The summed E-state index contributed by atoms with van der Waals surface area (Å²) in [5.74, 6) is -0.00449. The van der Waals surface area contributed by atoms with Crippen molar-refractivity contribution in [1.82, 2.24) is 0 Å². The van der Waals surface area contributed by atoms with Crippen molar-refractivity contribution in [3.63, 3.8) is 0 Å². The fraction of sp³-hybridized carbons (Fsp3) is 0.400. The number of anilines is 1. The van der Waals surface area contributed by atoms with E-state index in [4.69, 9.17) is 10.5 Å². The fourth-order valence-electron chi connectivity index (χ4n) is 0.920. The first-order chi connectivity index (χ1) is 6.15. The Morgan fingerprint density at radius 1 is 1.54 bits per heavy atom. The van der Waals surface area contributed by atoms with E-state index in [9.17, 15) is 4.39 Å². The van der Waals surface area contributed by atoms with Gasteiger partial charge in [0.25, 0.3) is 0 Å². The molecular weight excluding hydrogens is 169 g/mol. The summed E-state index contributed by atoms with van der Waals surface area (Å²) < 4.78 is 18.3. The molecule has 0 aromatic heterocycles. The molecular formula is C10H14FNO. The van der Waals surface area contributed by atoms with Crippen LogP contribution >= 0.6 is 0 Å². The SMILES string of the molecule is CCC(C)Oc1cccc(F)c1N. The zero-order valence-corrected chi connectivity index (χ0v) is 7.88. The lowest BCUT2D eigenvalue weighted by Crippen LogP contribution is -2.11. The van der Waals surface area contributed by atoms with E-state index in [2.05, 4.69) is 0 Å². The van der Waals surface area contributed by atoms with Gasteiger partial charge in [-0.1, -0.05) is 13.0 Å². The summed E-state index contributed by atoms with van der Waals surface area (Å²) in [6, 6.07) is 4.58. The largest absolute Gasteiger partial charge is 0.488 e. The second kappa shape index (κ2) is 4.12. The third-order valence-electron chi connectivity index (χ3n) is 1.92. The lowest BCUT2D eigenvalue weighted by Gasteiger charge is -2.14. The molecule has 1 rings (SSSR count). The van der Waals surface area contributed by atoms with Gasteiger partial charge >= 0.3 is 0 Å². The first kappa shape index (κ1) is 9.84. The number of nitrogens with two attached hydrogens (primary N) is 1. The topological polar surface area (TPSA) is 35.2 Å². The molecule has 0 saturated heterocycles. The average molecular weight is 183 g/mol. The number of nitrogen functional groups attached to an aromatic ring is 1. The molecule has 0 aliphatic rings. The van der Waals surface area contributed by atoms with Crippen LogP contribution in [0.3, 0.4) is 0 Å². The van der Waals surface area contributed by atoms with E-state index in [1.807, 2.05) is 13.8 Å². The second-order valence-corrected chi connectivity index (χ2v) is 2.99. The number of hydrogen-bond acceptors (Lipinski definition) is 2. The number of ether oxygens (including phenoxy) is 1. The summed E-state index contributed by atoms with van der Waals surface area (Å²) in [6.45, 7) is 3.92. The molecule has 0 amide bonds. The van der Waals surface area contributed by atoms with Crippen molar-refractivity contribution in [3.05, 3.63) is 24.0 Å². The summed E-state index contributed by atoms with van der Waals surface area (Å²) in [7, 11) is 0. The van der Waals surface area contributed by atoms with Gasteiger partial charge in [0.1, 0.15) is 17.3 Å². The predicted octanol–water partition coefficient (Wildman–Crippen LogP) is 2.59. The van der Waals surface area contributed by atoms with E-state index in [1.165, 1.54) is 6.07 Å². The molecule has 0 heterocycles. The molecule has 1 unspecified atom stereocenters. The zero-order chi connectivity index (χ0) is 9.84. The van der Waals surface area contributed by atoms with Gasteiger partial charge in [-0.2, -0.15) is 0 Å². The third kappa shape index (κ3) is 2.34. The van der Waals surface area contributed by atoms with Gasteiger partial charge in [0.15, 0.2) is 0 Å². The van der Waals surface area contributed by atoms with Gasteiger partial charge in [-0.3, -0.25) is 0 Å². The number of hydrogen-bond donors (Lipinski definition) is 1. The highest BCUT2D eigenvalue weighted by molar-refractivity contribution is 5.53. The van der Waals surface area contributed by atoms with Crippen LogP contribution < -0.4 is 10.5 Å². The zero-order valence-electron chi connectivity index (χ0n) is 7.88. The number of benzene rings is 1. The highest BCUT2D eigenvalue weighted by Gasteiger charge is 2.07. The molecule has 0 aliphatic carbocycles. The van der Waals surface area contributed by atoms with Gasteiger partial charge in [-0.25, -0.2) is 4.39 Å². The molecule has 2 nitrogen and oxygen atoms in total. The Morgan fingerprint density at radius 3 is 2.85 bits per heavy atom. The first-order valence-electron chi connectivity index (χ1n) is 4.35. The molecule has 0 spiro atoms. The molecule has 0 bridgehead atoms. The van der Waals surface area contributed by atoms with Gasteiger partial charge in [-0.05, 0) is 25.5 Å². The Morgan fingerprint density at radius 2 is 2.23 bits per heavy atom. The predicted molar refractivity (Wildman–Crippen MR) is 51.2 cm³/mol. The lowest BCUT2D eigenvalue weighted by atomic mass is 10.2. The van der Waals surface area contributed by atoms with Gasteiger partial charge < -0.3 is 10.5 Å². The fourth-order valence-corrected chi connectivity index (χ4v) is 0.920. The monoisotopic (exact) mass is 183 g/mol. The Balaban J connectivity index is 2.83. The minimum absolute atomic E-state index is 0.0594. The van der Waals surface area contributed by atoms with Crippen LogP contribution in [0.1, 0.15) is 20.3 Å². The molecule has 72 valence electrons. The molecule has 0 radical (unpaired) electrons. The summed E-state index contributed by atoms with van der Waals surface area (Å²) in [4.78, 5) is 0. The molecule has 0 aliphatic heterocycles. The lowest BCUT2D eigenvalue weighted by molar-refractivity contribution is 0.218. The van der Waals surface area contributed by atoms with Crippen molar-refractivity contribution in [2.45, 2.75) is 26.4 Å². The molecule has 1 atom stereocenters. The van der Waals surface area contributed by atoms with Gasteiger partial charge in [-0.15, -0.1) is 0 Å². The average Bonchev–Trinajstić information content (AvgIpc) is 2.13. The summed E-state index contributed by atoms with van der Waals surface area (Å²) in [6.07, 6.45) is 0.930. The smallest absolute Gasteiger partial charge is 0.149 e. The maximum absolute atomic E-state index is 12.9. The Kier molecular flexibility index (Phi) is 3.12. The van der Waals surface area contributed by atoms with Crippen LogP contribution in [-0.4, -0.2) is 6.10 Å². The second-order valence-electron chi connectivity index (χ2n) is 2.99. The normalized spacial score (nSPS) is 12.5. The van der Waals surface area contributed by atoms with Crippen LogP contribution in [0.5, 0.6) is 5.75 Å². The minimum atomic E-state index is -0.430. The first-order valence-corrected chi connectivity index (χ1v) is 4.35. The van der Waals surface area contributed by atoms with E-state index in [-0.39, 0.29) is 11.8 Å². The van der Waals surface area contributed by atoms with Crippen molar-refractivity contribution in [1.29, 1.82) is 0 Å². The number of rotatable bonds is 3. The van der Waals surface area contributed by atoms with Gasteiger partial charge in [0.05, 0.1) is 6.10 Å². The van der Waals surface area contributed by atoms with Crippen molar-refractivity contribution >= 4 is 5.69 Å². The van der Waals surface area contributed by atoms with E-state index in [1.54, 1.807) is 12.1 Å². The minimum Gasteiger partial charge on any atom is -0.488 e. The third-order valence-corrected chi connectivity index (χ3v) is 1.92. The van der Waals surface area contributed by atoms with Crippen molar-refractivity contribution in [3.8, 4) is 5.75 Å². The Hall–Kier alpha value is -1.25. The molecule has 0 saturated carbocycles. The number of para-hydroxylation sites is 1. The van der Waals surface area contributed by atoms with Crippen LogP contribution in [0.25, 0.3) is 0 Å².